The van der Waals surface area contributed by atoms with Crippen LogP contribution in [0.5, 0.6) is 0 Å². The predicted octanol–water partition coefficient (Wildman–Crippen LogP) is 1.35. The van der Waals surface area contributed by atoms with Crippen LogP contribution < -0.4 is 4.72 Å². The number of amides is 1. The molecule has 1 heterocycles. The van der Waals surface area contributed by atoms with E-state index in [-0.39, 0.29) is 40.7 Å². The minimum Gasteiger partial charge on any atom is -0.466 e. The minimum atomic E-state index is -3.80. The molecule has 1 aliphatic rings. The molecule has 11 heteroatoms. The molecule has 1 saturated heterocycles. The predicted molar refractivity (Wildman–Crippen MR) is 108 cm³/mol. The van der Waals surface area contributed by atoms with Gasteiger partial charge in [-0.15, -0.1) is 0 Å². The van der Waals surface area contributed by atoms with Gasteiger partial charge in [-0.2, -0.15) is 0 Å². The zero-order valence-electron chi connectivity index (χ0n) is 16.6. The number of carbonyl (C=O) groups excluding carboxylic acids is 3. The van der Waals surface area contributed by atoms with Crippen molar-refractivity contribution in [3.05, 3.63) is 29.3 Å². The van der Waals surface area contributed by atoms with Crippen molar-refractivity contribution >= 4 is 39.5 Å². The monoisotopic (exact) mass is 460 g/mol. The third-order valence-electron chi connectivity index (χ3n) is 4.55. The smallest absolute Gasteiger partial charge is 0.309 e. The van der Waals surface area contributed by atoms with Crippen LogP contribution in [0.3, 0.4) is 0 Å². The van der Waals surface area contributed by atoms with Crippen LogP contribution in [0.4, 0.5) is 0 Å². The first kappa shape index (κ1) is 24.1. The van der Waals surface area contributed by atoms with Gasteiger partial charge >= 0.3 is 11.9 Å². The fourth-order valence-electron chi connectivity index (χ4n) is 2.94. The van der Waals surface area contributed by atoms with Crippen LogP contribution >= 0.6 is 11.6 Å². The first-order valence-electron chi connectivity index (χ1n) is 9.58. The van der Waals surface area contributed by atoms with Crippen LogP contribution in [0, 0.1) is 5.92 Å². The molecule has 9 nitrogen and oxygen atoms in total. The molecule has 0 bridgehead atoms. The highest BCUT2D eigenvalue weighted by Gasteiger charge is 2.28. The van der Waals surface area contributed by atoms with Crippen molar-refractivity contribution in [3.63, 3.8) is 0 Å². The van der Waals surface area contributed by atoms with Gasteiger partial charge in [0.2, 0.25) is 10.0 Å². The Labute approximate surface area is 180 Å². The molecule has 0 atom stereocenters. The second kappa shape index (κ2) is 11.3. The molecule has 1 fully saturated rings. The highest BCUT2D eigenvalue weighted by atomic mass is 35.5. The van der Waals surface area contributed by atoms with E-state index in [1.807, 2.05) is 0 Å². The number of nitrogens with one attached hydrogen (secondary N) is 1. The fourth-order valence-corrected chi connectivity index (χ4v) is 4.27. The fraction of sp³-hybridized carbons (Fsp3) is 0.526. The standard InChI is InChI=1S/C19H25ClN2O7S/c1-2-28-19(25)14-7-10-22(11-8-14)17(23)13-29-18(24)6-9-21-30(26,27)16-5-3-4-15(20)12-16/h3-5,12,14,21H,2,6-11,13H2,1H3. The Morgan fingerprint density at radius 3 is 2.53 bits per heavy atom. The second-order valence-corrected chi connectivity index (χ2v) is 8.88. The summed E-state index contributed by atoms with van der Waals surface area (Å²) in [6.45, 7) is 2.24. The number of hydrogen-bond acceptors (Lipinski definition) is 7. The molecule has 30 heavy (non-hydrogen) atoms. The summed E-state index contributed by atoms with van der Waals surface area (Å²) in [6, 6.07) is 5.74. The van der Waals surface area contributed by atoms with E-state index in [9.17, 15) is 22.8 Å². The van der Waals surface area contributed by atoms with E-state index in [0.29, 0.717) is 32.5 Å². The zero-order valence-corrected chi connectivity index (χ0v) is 18.2. The highest BCUT2D eigenvalue weighted by molar-refractivity contribution is 7.89. The molecule has 0 aliphatic carbocycles. The third kappa shape index (κ3) is 7.26. The topological polar surface area (TPSA) is 119 Å². The van der Waals surface area contributed by atoms with Gasteiger partial charge in [-0.1, -0.05) is 17.7 Å². The molecule has 1 amide bonds. The van der Waals surface area contributed by atoms with Gasteiger partial charge in [0, 0.05) is 24.7 Å². The molecule has 1 N–H and O–H groups in total. The highest BCUT2D eigenvalue weighted by Crippen LogP contribution is 2.19. The number of rotatable bonds is 9. The molecule has 0 aromatic heterocycles. The summed E-state index contributed by atoms with van der Waals surface area (Å²) in [7, 11) is -3.80. The van der Waals surface area contributed by atoms with Gasteiger partial charge in [0.25, 0.3) is 5.91 Å². The van der Waals surface area contributed by atoms with Gasteiger partial charge < -0.3 is 14.4 Å². The van der Waals surface area contributed by atoms with Crippen molar-refractivity contribution in [2.75, 3.05) is 32.8 Å². The van der Waals surface area contributed by atoms with Crippen LogP contribution in [-0.4, -0.2) is 64.0 Å². The summed E-state index contributed by atoms with van der Waals surface area (Å²) < 4.78 is 36.5. The van der Waals surface area contributed by atoms with Crippen molar-refractivity contribution in [2.24, 2.45) is 5.92 Å². The summed E-state index contributed by atoms with van der Waals surface area (Å²) in [5.74, 6) is -1.52. The molecule has 2 rings (SSSR count). The Hall–Kier alpha value is -2.17. The number of piperidine rings is 1. The van der Waals surface area contributed by atoms with Crippen molar-refractivity contribution in [3.8, 4) is 0 Å². The molecular formula is C19H25ClN2O7S. The molecule has 0 spiro atoms. The number of carbonyl (C=O) groups is 3. The van der Waals surface area contributed by atoms with Gasteiger partial charge in [0.15, 0.2) is 6.61 Å². The SMILES string of the molecule is CCOC(=O)C1CCN(C(=O)COC(=O)CCNS(=O)(=O)c2cccc(Cl)c2)CC1. The van der Waals surface area contributed by atoms with Crippen molar-refractivity contribution in [1.29, 1.82) is 0 Å². The molecular weight excluding hydrogens is 436 g/mol. The molecule has 1 aromatic rings. The lowest BCUT2D eigenvalue weighted by Gasteiger charge is -2.30. The Morgan fingerprint density at radius 1 is 1.20 bits per heavy atom. The van der Waals surface area contributed by atoms with E-state index in [1.165, 1.54) is 23.1 Å². The molecule has 0 saturated carbocycles. The average molecular weight is 461 g/mol. The molecule has 1 aromatic carbocycles. The lowest BCUT2D eigenvalue weighted by Crippen LogP contribution is -2.42. The van der Waals surface area contributed by atoms with Gasteiger partial charge in [0.05, 0.1) is 23.8 Å². The van der Waals surface area contributed by atoms with Crippen LogP contribution in [-0.2, 0) is 33.9 Å². The van der Waals surface area contributed by atoms with Gasteiger partial charge in [0.1, 0.15) is 0 Å². The Balaban J connectivity index is 1.68. The number of likely N-dealkylation sites (tertiary alicyclic amines) is 1. The summed E-state index contributed by atoms with van der Waals surface area (Å²) in [5, 5.41) is 0.280. The van der Waals surface area contributed by atoms with Gasteiger partial charge in [-0.25, -0.2) is 13.1 Å². The summed E-state index contributed by atoms with van der Waals surface area (Å²) >= 11 is 5.78. The van der Waals surface area contributed by atoms with Crippen LogP contribution in [0.15, 0.2) is 29.2 Å². The summed E-state index contributed by atoms with van der Waals surface area (Å²) in [4.78, 5) is 37.2. The van der Waals surface area contributed by atoms with E-state index >= 15 is 0 Å². The average Bonchev–Trinajstić information content (AvgIpc) is 2.72. The van der Waals surface area contributed by atoms with Crippen molar-refractivity contribution in [1.82, 2.24) is 9.62 Å². The number of sulfonamides is 1. The normalized spacial score (nSPS) is 14.9. The van der Waals surface area contributed by atoms with E-state index in [0.717, 1.165) is 0 Å². The maximum absolute atomic E-state index is 12.2. The number of halogens is 1. The molecule has 1 aliphatic heterocycles. The lowest BCUT2D eigenvalue weighted by atomic mass is 9.97. The minimum absolute atomic E-state index is 0.00948. The van der Waals surface area contributed by atoms with E-state index in [4.69, 9.17) is 21.1 Å². The maximum atomic E-state index is 12.2. The largest absolute Gasteiger partial charge is 0.466 e. The van der Waals surface area contributed by atoms with Crippen LogP contribution in [0.25, 0.3) is 0 Å². The second-order valence-electron chi connectivity index (χ2n) is 6.67. The first-order valence-corrected chi connectivity index (χ1v) is 11.4. The number of benzene rings is 1. The van der Waals surface area contributed by atoms with E-state index in [1.54, 1.807) is 13.0 Å². The number of nitrogens with zero attached hydrogens (tertiary/aromatic N) is 1. The number of hydrogen-bond donors (Lipinski definition) is 1. The first-order chi connectivity index (χ1) is 14.2. The van der Waals surface area contributed by atoms with Crippen LogP contribution in [0.1, 0.15) is 26.2 Å². The molecule has 0 unspecified atom stereocenters. The molecule has 0 radical (unpaired) electrons. The van der Waals surface area contributed by atoms with Crippen LogP contribution in [0.2, 0.25) is 5.02 Å². The van der Waals surface area contributed by atoms with Crippen molar-refractivity contribution < 1.29 is 32.3 Å². The lowest BCUT2D eigenvalue weighted by molar-refractivity contribution is -0.154. The summed E-state index contributed by atoms with van der Waals surface area (Å²) in [6.07, 6.45) is 0.783. The van der Waals surface area contributed by atoms with E-state index < -0.39 is 22.6 Å². The quantitative estimate of drug-likeness (QED) is 0.552. The third-order valence-corrected chi connectivity index (χ3v) is 6.25. The number of esters is 2. The Morgan fingerprint density at radius 2 is 1.90 bits per heavy atom. The zero-order chi connectivity index (χ0) is 22.1. The van der Waals surface area contributed by atoms with Gasteiger partial charge in [-0.3, -0.25) is 14.4 Å². The number of ether oxygens (including phenoxy) is 2. The van der Waals surface area contributed by atoms with Crippen molar-refractivity contribution in [2.45, 2.75) is 31.1 Å². The Bertz CT molecular complexity index is 867. The van der Waals surface area contributed by atoms with E-state index in [2.05, 4.69) is 4.72 Å². The molecule has 166 valence electrons. The summed E-state index contributed by atoms with van der Waals surface area (Å²) in [5.41, 5.74) is 0. The van der Waals surface area contributed by atoms with Gasteiger partial charge in [-0.05, 0) is 38.0 Å². The Kier molecular flexibility index (Phi) is 9.07. The maximum Gasteiger partial charge on any atom is 0.309 e.